The van der Waals surface area contributed by atoms with Crippen molar-refractivity contribution in [3.8, 4) is 11.8 Å². The molecule has 1 aliphatic carbocycles. The van der Waals surface area contributed by atoms with Crippen LogP contribution in [-0.4, -0.2) is 35.3 Å². The Kier molecular flexibility index (Phi) is 3.92. The van der Waals surface area contributed by atoms with Crippen molar-refractivity contribution in [2.75, 3.05) is 6.54 Å². The molecule has 1 aromatic carbocycles. The van der Waals surface area contributed by atoms with Gasteiger partial charge in [-0.25, -0.2) is 0 Å². The Bertz CT molecular complexity index is 600. The number of rotatable bonds is 0. The van der Waals surface area contributed by atoms with Crippen molar-refractivity contribution in [3.05, 3.63) is 35.9 Å². The minimum absolute atomic E-state index is 0.0759. The average Bonchev–Trinajstić information content (AvgIpc) is 2.52. The van der Waals surface area contributed by atoms with Gasteiger partial charge in [0.25, 0.3) is 5.91 Å². The maximum atomic E-state index is 12.3. The number of piperazine rings is 1. The van der Waals surface area contributed by atoms with Crippen molar-refractivity contribution in [2.24, 2.45) is 0 Å². The molecule has 1 saturated carbocycles. The topological polar surface area (TPSA) is 49.4 Å². The third kappa shape index (κ3) is 3.08. The first kappa shape index (κ1) is 13.7. The Balaban J connectivity index is 1.76. The fourth-order valence-corrected chi connectivity index (χ4v) is 3.12. The summed E-state index contributed by atoms with van der Waals surface area (Å²) in [6.45, 7) is 0.128. The summed E-state index contributed by atoms with van der Waals surface area (Å²) in [7, 11) is 0. The maximum Gasteiger partial charge on any atom is 0.299 e. The van der Waals surface area contributed by atoms with E-state index in [1.807, 2.05) is 30.3 Å². The highest BCUT2D eigenvalue weighted by molar-refractivity contribution is 5.97. The van der Waals surface area contributed by atoms with Crippen molar-refractivity contribution in [2.45, 2.75) is 37.8 Å². The summed E-state index contributed by atoms with van der Waals surface area (Å²) >= 11 is 0. The Morgan fingerprint density at radius 2 is 1.95 bits per heavy atom. The van der Waals surface area contributed by atoms with E-state index in [-0.39, 0.29) is 30.4 Å². The number of nitrogens with one attached hydrogen (secondary N) is 1. The van der Waals surface area contributed by atoms with Gasteiger partial charge in [-0.2, -0.15) is 0 Å². The van der Waals surface area contributed by atoms with E-state index in [1.165, 1.54) is 0 Å². The highest BCUT2D eigenvalue weighted by Gasteiger charge is 2.38. The van der Waals surface area contributed by atoms with Crippen LogP contribution in [0.2, 0.25) is 0 Å². The number of amides is 2. The Morgan fingerprint density at radius 1 is 1.19 bits per heavy atom. The minimum atomic E-state index is -0.245. The molecular weight excluding hydrogens is 264 g/mol. The second kappa shape index (κ2) is 6.01. The predicted molar refractivity (Wildman–Crippen MR) is 79.2 cm³/mol. The van der Waals surface area contributed by atoms with Crippen LogP contribution in [0.15, 0.2) is 30.3 Å². The van der Waals surface area contributed by atoms with E-state index in [2.05, 4.69) is 17.2 Å². The summed E-state index contributed by atoms with van der Waals surface area (Å²) in [5.41, 5.74) is 0.813. The molecule has 1 aromatic rings. The molecule has 2 unspecified atom stereocenters. The van der Waals surface area contributed by atoms with Gasteiger partial charge in [0.1, 0.15) is 6.54 Å². The molecule has 1 saturated heterocycles. The molecule has 1 N–H and O–H groups in total. The van der Waals surface area contributed by atoms with Crippen LogP contribution in [0.5, 0.6) is 0 Å². The summed E-state index contributed by atoms with van der Waals surface area (Å²) < 4.78 is 0. The zero-order valence-corrected chi connectivity index (χ0v) is 11.8. The Labute approximate surface area is 124 Å². The molecular formula is C17H18N2O2. The first-order valence-electron chi connectivity index (χ1n) is 7.41. The van der Waals surface area contributed by atoms with Gasteiger partial charge in [0, 0.05) is 17.5 Å². The van der Waals surface area contributed by atoms with Gasteiger partial charge in [-0.3, -0.25) is 9.59 Å². The number of carbonyl (C=O) groups is 2. The van der Waals surface area contributed by atoms with Crippen molar-refractivity contribution in [1.29, 1.82) is 0 Å². The number of fused-ring (bicyclic) bond motifs is 1. The standard InChI is InChI=1S/C17H18N2O2/c20-16-12-19(15-9-5-4-8-14(15)18-16)17(21)11-10-13-6-2-1-3-7-13/h1-3,6-7,14-15H,4-5,8-9,12H2,(H,18,20). The van der Waals surface area contributed by atoms with E-state index < -0.39 is 0 Å². The van der Waals surface area contributed by atoms with Crippen molar-refractivity contribution >= 4 is 11.8 Å². The molecule has 1 aliphatic heterocycles. The number of benzene rings is 1. The lowest BCUT2D eigenvalue weighted by Crippen LogP contribution is -2.62. The van der Waals surface area contributed by atoms with Gasteiger partial charge in [0.15, 0.2) is 0 Å². The first-order chi connectivity index (χ1) is 10.2. The molecule has 21 heavy (non-hydrogen) atoms. The van der Waals surface area contributed by atoms with Gasteiger partial charge in [-0.1, -0.05) is 37.0 Å². The summed E-state index contributed by atoms with van der Waals surface area (Å²) in [5.74, 6) is 5.24. The van der Waals surface area contributed by atoms with Crippen LogP contribution in [0.1, 0.15) is 31.2 Å². The number of hydrogen-bond donors (Lipinski definition) is 1. The van der Waals surface area contributed by atoms with E-state index in [4.69, 9.17) is 0 Å². The SMILES string of the molecule is O=C1CN(C(=O)C#Cc2ccccc2)C2CCCCC2N1. The monoisotopic (exact) mass is 282 g/mol. The second-order valence-electron chi connectivity index (χ2n) is 5.57. The van der Waals surface area contributed by atoms with E-state index in [1.54, 1.807) is 4.90 Å². The molecule has 0 aromatic heterocycles. The third-order valence-electron chi connectivity index (χ3n) is 4.14. The van der Waals surface area contributed by atoms with Crippen LogP contribution in [0.3, 0.4) is 0 Å². The van der Waals surface area contributed by atoms with Crippen LogP contribution in [-0.2, 0) is 9.59 Å². The predicted octanol–water partition coefficient (Wildman–Crippen LogP) is 1.31. The normalized spacial score (nSPS) is 24.4. The molecule has 3 rings (SSSR count). The molecule has 0 spiro atoms. The Morgan fingerprint density at radius 3 is 2.76 bits per heavy atom. The van der Waals surface area contributed by atoms with Crippen LogP contribution in [0.25, 0.3) is 0 Å². The summed E-state index contributed by atoms with van der Waals surface area (Å²) in [6.07, 6.45) is 4.11. The van der Waals surface area contributed by atoms with Gasteiger partial charge < -0.3 is 10.2 Å². The molecule has 0 bridgehead atoms. The summed E-state index contributed by atoms with van der Waals surface area (Å²) in [4.78, 5) is 25.7. The highest BCUT2D eigenvalue weighted by Crippen LogP contribution is 2.25. The largest absolute Gasteiger partial charge is 0.350 e. The summed E-state index contributed by atoms with van der Waals surface area (Å²) in [5, 5.41) is 3.00. The quantitative estimate of drug-likeness (QED) is 0.729. The van der Waals surface area contributed by atoms with Crippen molar-refractivity contribution in [1.82, 2.24) is 10.2 Å². The second-order valence-corrected chi connectivity index (χ2v) is 5.57. The fraction of sp³-hybridized carbons (Fsp3) is 0.412. The van der Waals surface area contributed by atoms with E-state index in [9.17, 15) is 9.59 Å². The molecule has 2 atom stereocenters. The zero-order valence-electron chi connectivity index (χ0n) is 11.8. The molecule has 0 radical (unpaired) electrons. The van der Waals surface area contributed by atoms with Crippen LogP contribution < -0.4 is 5.32 Å². The minimum Gasteiger partial charge on any atom is -0.350 e. The van der Waals surface area contributed by atoms with Gasteiger partial charge in [0.05, 0.1) is 6.04 Å². The zero-order chi connectivity index (χ0) is 14.7. The number of hydrogen-bond acceptors (Lipinski definition) is 2. The molecule has 108 valence electrons. The van der Waals surface area contributed by atoms with Gasteiger partial charge >= 0.3 is 0 Å². The highest BCUT2D eigenvalue weighted by atomic mass is 16.2. The fourth-order valence-electron chi connectivity index (χ4n) is 3.12. The molecule has 2 fully saturated rings. The lowest BCUT2D eigenvalue weighted by atomic mass is 9.87. The van der Waals surface area contributed by atoms with E-state index >= 15 is 0 Å². The molecule has 1 heterocycles. The lowest BCUT2D eigenvalue weighted by molar-refractivity contribution is -0.140. The summed E-state index contributed by atoms with van der Waals surface area (Å²) in [6, 6.07) is 9.63. The lowest BCUT2D eigenvalue weighted by Gasteiger charge is -2.43. The van der Waals surface area contributed by atoms with Crippen LogP contribution in [0.4, 0.5) is 0 Å². The number of nitrogens with zero attached hydrogens (tertiary/aromatic N) is 1. The molecule has 4 nitrogen and oxygen atoms in total. The first-order valence-corrected chi connectivity index (χ1v) is 7.41. The Hall–Kier alpha value is -2.28. The number of carbonyl (C=O) groups excluding carboxylic acids is 2. The van der Waals surface area contributed by atoms with Gasteiger partial charge in [0.2, 0.25) is 5.91 Å². The maximum absolute atomic E-state index is 12.3. The van der Waals surface area contributed by atoms with Gasteiger partial charge in [-0.15, -0.1) is 0 Å². The van der Waals surface area contributed by atoms with E-state index in [0.29, 0.717) is 0 Å². The molecule has 2 aliphatic rings. The smallest absolute Gasteiger partial charge is 0.299 e. The average molecular weight is 282 g/mol. The van der Waals surface area contributed by atoms with E-state index in [0.717, 1.165) is 31.2 Å². The van der Waals surface area contributed by atoms with Crippen molar-refractivity contribution in [3.63, 3.8) is 0 Å². The molecule has 2 amide bonds. The van der Waals surface area contributed by atoms with Crippen LogP contribution in [0, 0.1) is 11.8 Å². The van der Waals surface area contributed by atoms with Crippen LogP contribution >= 0.6 is 0 Å². The molecule has 4 heteroatoms. The third-order valence-corrected chi connectivity index (χ3v) is 4.14. The van der Waals surface area contributed by atoms with Crippen molar-refractivity contribution < 1.29 is 9.59 Å². The van der Waals surface area contributed by atoms with Gasteiger partial charge in [-0.05, 0) is 25.0 Å².